The van der Waals surface area contributed by atoms with Gasteiger partial charge in [0.15, 0.2) is 0 Å². The lowest BCUT2D eigenvalue weighted by Gasteiger charge is -2.26. The summed E-state index contributed by atoms with van der Waals surface area (Å²) in [4.78, 5) is 2.36. The minimum Gasteiger partial charge on any atom is -0.310 e. The molecule has 1 heterocycles. The number of fused-ring (bicyclic) bond motifs is 8. The second-order valence-electron chi connectivity index (χ2n) is 14.5. The first-order valence-corrected chi connectivity index (χ1v) is 19.3. The highest BCUT2D eigenvalue weighted by molar-refractivity contribution is 6.18. The van der Waals surface area contributed by atoms with Crippen LogP contribution in [0.2, 0.25) is 0 Å². The molecule has 0 N–H and O–H groups in total. The summed E-state index contributed by atoms with van der Waals surface area (Å²) >= 11 is 0. The average Bonchev–Trinajstić information content (AvgIpc) is 3.61. The van der Waals surface area contributed by atoms with Crippen molar-refractivity contribution in [1.29, 1.82) is 0 Å². The molecule has 1 aromatic heterocycles. The van der Waals surface area contributed by atoms with E-state index in [0.29, 0.717) is 0 Å². The fourth-order valence-electron chi connectivity index (χ4n) is 8.73. The van der Waals surface area contributed by atoms with Gasteiger partial charge in [0.2, 0.25) is 0 Å². The molecule has 0 radical (unpaired) electrons. The molecule has 2 heteroatoms. The summed E-state index contributed by atoms with van der Waals surface area (Å²) in [6.45, 7) is 0. The third-order valence-corrected chi connectivity index (χ3v) is 11.4. The predicted molar refractivity (Wildman–Crippen MR) is 239 cm³/mol. The van der Waals surface area contributed by atoms with Crippen molar-refractivity contribution in [3.8, 4) is 27.9 Å². The molecule has 0 unspecified atom stereocenters. The fraction of sp³-hybridized carbons (Fsp3) is 0. The molecule has 0 bridgehead atoms. The van der Waals surface area contributed by atoms with Gasteiger partial charge in [-0.05, 0) is 110 Å². The van der Waals surface area contributed by atoms with Crippen LogP contribution in [0.1, 0.15) is 0 Å². The van der Waals surface area contributed by atoms with E-state index in [4.69, 9.17) is 0 Å². The highest BCUT2D eigenvalue weighted by Crippen LogP contribution is 2.41. The molecular weight excluding hydrogens is 677 g/mol. The van der Waals surface area contributed by atoms with Crippen LogP contribution < -0.4 is 4.90 Å². The van der Waals surface area contributed by atoms with Crippen molar-refractivity contribution >= 4 is 71.2 Å². The Hall–Kier alpha value is -7.42. The van der Waals surface area contributed by atoms with Gasteiger partial charge in [0.25, 0.3) is 0 Å². The standard InChI is InChI=1S/C54H36N2/c1-2-15-42(16-3-1)55(44-17-12-14-40(35-44)41-26-25-39-30-33-47-45-18-5-4-13-37(45)29-34-48(47)51(39)36-41)43-31-27-38(28-32-43)46-19-6-9-22-52(46)56-53-23-10-7-20-49(53)50-21-8-11-24-54(50)56/h1-36H. The van der Waals surface area contributed by atoms with Gasteiger partial charge in [-0.2, -0.15) is 0 Å². The smallest absolute Gasteiger partial charge is 0.0541 e. The monoisotopic (exact) mass is 712 g/mol. The molecule has 2 nitrogen and oxygen atoms in total. The molecule has 0 atom stereocenters. The Morgan fingerprint density at radius 2 is 0.821 bits per heavy atom. The van der Waals surface area contributed by atoms with E-state index in [1.807, 2.05) is 0 Å². The van der Waals surface area contributed by atoms with E-state index < -0.39 is 0 Å². The minimum atomic E-state index is 1.10. The van der Waals surface area contributed by atoms with Crippen LogP contribution in [0.25, 0.3) is 82.1 Å². The van der Waals surface area contributed by atoms with Gasteiger partial charge in [-0.15, -0.1) is 0 Å². The second-order valence-corrected chi connectivity index (χ2v) is 14.5. The molecule has 11 rings (SSSR count). The first kappa shape index (κ1) is 32.0. The van der Waals surface area contributed by atoms with Crippen LogP contribution in [0.15, 0.2) is 218 Å². The van der Waals surface area contributed by atoms with Gasteiger partial charge in [0, 0.05) is 33.4 Å². The molecule has 0 aliphatic rings. The van der Waals surface area contributed by atoms with Crippen molar-refractivity contribution in [3.05, 3.63) is 218 Å². The van der Waals surface area contributed by atoms with Gasteiger partial charge in [-0.25, -0.2) is 0 Å². The number of anilines is 3. The largest absolute Gasteiger partial charge is 0.310 e. The van der Waals surface area contributed by atoms with Crippen LogP contribution in [0.3, 0.4) is 0 Å². The highest BCUT2D eigenvalue weighted by Gasteiger charge is 2.17. The molecule has 11 aromatic rings. The summed E-state index contributed by atoms with van der Waals surface area (Å²) in [5.41, 5.74) is 11.6. The zero-order valence-corrected chi connectivity index (χ0v) is 30.7. The molecule has 0 fully saturated rings. The lowest BCUT2D eigenvalue weighted by atomic mass is 9.94. The summed E-state index contributed by atoms with van der Waals surface area (Å²) in [6.07, 6.45) is 0. The maximum absolute atomic E-state index is 2.41. The Labute approximate surface area is 325 Å². The van der Waals surface area contributed by atoms with E-state index in [0.717, 1.165) is 17.1 Å². The molecule has 262 valence electrons. The van der Waals surface area contributed by atoms with Crippen molar-refractivity contribution in [1.82, 2.24) is 4.57 Å². The van der Waals surface area contributed by atoms with Crippen LogP contribution in [-0.2, 0) is 0 Å². The number of hydrogen-bond donors (Lipinski definition) is 0. The van der Waals surface area contributed by atoms with Crippen LogP contribution >= 0.6 is 0 Å². The quantitative estimate of drug-likeness (QED) is 0.156. The van der Waals surface area contributed by atoms with Crippen molar-refractivity contribution in [2.75, 3.05) is 4.90 Å². The van der Waals surface area contributed by atoms with E-state index in [1.165, 1.54) is 82.1 Å². The van der Waals surface area contributed by atoms with E-state index >= 15 is 0 Å². The Bertz CT molecular complexity index is 3190. The van der Waals surface area contributed by atoms with Crippen LogP contribution in [-0.4, -0.2) is 4.57 Å². The molecule has 0 saturated carbocycles. The maximum atomic E-state index is 2.41. The summed E-state index contributed by atoms with van der Waals surface area (Å²) < 4.78 is 2.41. The van der Waals surface area contributed by atoms with E-state index in [9.17, 15) is 0 Å². The van der Waals surface area contributed by atoms with Gasteiger partial charge < -0.3 is 9.47 Å². The summed E-state index contributed by atoms with van der Waals surface area (Å²) in [5, 5.41) is 10.2. The fourth-order valence-corrected chi connectivity index (χ4v) is 8.73. The summed E-state index contributed by atoms with van der Waals surface area (Å²) in [6, 6.07) is 79.4. The van der Waals surface area contributed by atoms with Crippen molar-refractivity contribution < 1.29 is 0 Å². The Balaban J connectivity index is 1.00. The van der Waals surface area contributed by atoms with Crippen molar-refractivity contribution in [3.63, 3.8) is 0 Å². The highest BCUT2D eigenvalue weighted by atomic mass is 15.1. The van der Waals surface area contributed by atoms with E-state index in [1.54, 1.807) is 0 Å². The third kappa shape index (κ3) is 5.26. The lowest BCUT2D eigenvalue weighted by molar-refractivity contribution is 1.18. The number of benzene rings is 10. The number of para-hydroxylation sites is 4. The zero-order valence-electron chi connectivity index (χ0n) is 30.7. The van der Waals surface area contributed by atoms with Gasteiger partial charge >= 0.3 is 0 Å². The molecule has 10 aromatic carbocycles. The zero-order chi connectivity index (χ0) is 37.0. The number of hydrogen-bond acceptors (Lipinski definition) is 1. The maximum Gasteiger partial charge on any atom is 0.0541 e. The summed E-state index contributed by atoms with van der Waals surface area (Å²) in [7, 11) is 0. The SMILES string of the molecule is c1ccc(N(c2ccc(-c3ccccc3-n3c4ccccc4c4ccccc43)cc2)c2cccc(-c3ccc4ccc5c6ccccc6ccc5c4c3)c2)cc1. The number of rotatable bonds is 6. The number of nitrogens with zero attached hydrogens (tertiary/aromatic N) is 2. The van der Waals surface area contributed by atoms with Crippen LogP contribution in [0, 0.1) is 0 Å². The van der Waals surface area contributed by atoms with Crippen LogP contribution in [0.4, 0.5) is 17.1 Å². The molecule has 0 spiro atoms. The molecule has 0 amide bonds. The third-order valence-electron chi connectivity index (χ3n) is 11.4. The van der Waals surface area contributed by atoms with E-state index in [2.05, 4.69) is 228 Å². The van der Waals surface area contributed by atoms with Gasteiger partial charge in [-0.1, -0.05) is 158 Å². The van der Waals surface area contributed by atoms with Gasteiger partial charge in [-0.3, -0.25) is 0 Å². The van der Waals surface area contributed by atoms with Gasteiger partial charge in [0.05, 0.1) is 16.7 Å². The van der Waals surface area contributed by atoms with Crippen molar-refractivity contribution in [2.24, 2.45) is 0 Å². The summed E-state index contributed by atoms with van der Waals surface area (Å²) in [5.74, 6) is 0. The first-order chi connectivity index (χ1) is 27.8. The van der Waals surface area contributed by atoms with Crippen molar-refractivity contribution in [2.45, 2.75) is 0 Å². The molecule has 56 heavy (non-hydrogen) atoms. The van der Waals surface area contributed by atoms with Crippen LogP contribution in [0.5, 0.6) is 0 Å². The minimum absolute atomic E-state index is 1.10. The Kier molecular flexibility index (Phi) is 7.53. The predicted octanol–water partition coefficient (Wildman–Crippen LogP) is 15.0. The number of aromatic nitrogens is 1. The molecule has 0 saturated heterocycles. The second kappa shape index (κ2) is 13.2. The average molecular weight is 713 g/mol. The molecule has 0 aliphatic heterocycles. The normalized spacial score (nSPS) is 11.6. The molecular formula is C54H36N2. The first-order valence-electron chi connectivity index (χ1n) is 19.3. The Morgan fingerprint density at radius 1 is 0.286 bits per heavy atom. The Morgan fingerprint density at radius 3 is 1.59 bits per heavy atom. The topological polar surface area (TPSA) is 8.17 Å². The van der Waals surface area contributed by atoms with Gasteiger partial charge in [0.1, 0.15) is 0 Å². The molecule has 0 aliphatic carbocycles. The lowest BCUT2D eigenvalue weighted by Crippen LogP contribution is -2.09. The van der Waals surface area contributed by atoms with E-state index in [-0.39, 0.29) is 0 Å².